The minimum atomic E-state index is -3.88. The van der Waals surface area contributed by atoms with E-state index in [-0.39, 0.29) is 60.9 Å². The first-order valence-electron chi connectivity index (χ1n) is 20.8. The first-order valence-corrected chi connectivity index (χ1v) is 22.4. The summed E-state index contributed by atoms with van der Waals surface area (Å²) in [4.78, 5) is 54.6. The van der Waals surface area contributed by atoms with E-state index in [0.29, 0.717) is 47.1 Å². The number of allylic oxidation sites excluding steroid dienone is 1. The predicted octanol–water partition coefficient (Wildman–Crippen LogP) is 7.98. The number of sulfonamides is 1. The van der Waals surface area contributed by atoms with E-state index in [4.69, 9.17) is 23.9 Å². The molecule has 0 radical (unpaired) electrons. The fraction of sp³-hybridized carbons (Fsp3) is 0.426. The van der Waals surface area contributed by atoms with E-state index in [1.165, 1.54) is 18.2 Å². The number of likely N-dealkylation sites (tertiary alicyclic amines) is 1. The Morgan fingerprint density at radius 3 is 2.41 bits per heavy atom. The second kappa shape index (κ2) is 16.0. The van der Waals surface area contributed by atoms with Gasteiger partial charge in [0.25, 0.3) is 5.88 Å². The number of ether oxygens (including phenoxy) is 2. The van der Waals surface area contributed by atoms with Gasteiger partial charge < -0.3 is 18.8 Å². The number of fused-ring (bicyclic) bond motifs is 3. The standard InChI is InChI=1S/C47H51FN4O8S/c1-7-30-24-47(30,45(55)51-61(56,57)34-18-19-34)25-38(53)37-23-33(26-52(37)44(54)36(46(4,5)6)21-28-11-9-8-10-12-28)59-43-41-40(35-22-31(48)15-20-39(35)60-41)49-42(50-43)29-13-16-32(17-14-29)58-27(2)3/h7-17,20,22,27,30,33-34,36-37H,1,18-19,21,23-26H2,2-6H3,(H,51,55)/t30-,33-,36-,37+,47-/m1/s1. The quantitative estimate of drug-likeness (QED) is 0.102. The maximum atomic E-state index is 15.0. The zero-order chi connectivity index (χ0) is 43.4. The van der Waals surface area contributed by atoms with Gasteiger partial charge in [0.1, 0.15) is 28.8 Å². The van der Waals surface area contributed by atoms with Gasteiger partial charge in [-0.2, -0.15) is 4.98 Å². The van der Waals surface area contributed by atoms with Crippen LogP contribution in [0.2, 0.25) is 0 Å². The number of nitrogens with zero attached hydrogens (tertiary/aromatic N) is 3. The van der Waals surface area contributed by atoms with Crippen LogP contribution in [0.4, 0.5) is 4.39 Å². The largest absolute Gasteiger partial charge is 0.491 e. The van der Waals surface area contributed by atoms with E-state index in [9.17, 15) is 27.2 Å². The monoisotopic (exact) mass is 850 g/mol. The van der Waals surface area contributed by atoms with Gasteiger partial charge in [0.15, 0.2) is 11.6 Å². The summed E-state index contributed by atoms with van der Waals surface area (Å²) in [7, 11) is -3.88. The van der Waals surface area contributed by atoms with Crippen molar-refractivity contribution >= 4 is 49.7 Å². The predicted molar refractivity (Wildman–Crippen MR) is 229 cm³/mol. The zero-order valence-electron chi connectivity index (χ0n) is 35.0. The number of benzene rings is 3. The van der Waals surface area contributed by atoms with Crippen molar-refractivity contribution in [3.8, 4) is 23.0 Å². The van der Waals surface area contributed by atoms with Gasteiger partial charge in [0.05, 0.1) is 29.4 Å². The van der Waals surface area contributed by atoms with Crippen molar-refractivity contribution in [2.75, 3.05) is 6.54 Å². The maximum absolute atomic E-state index is 15.0. The van der Waals surface area contributed by atoms with E-state index in [0.717, 1.165) is 5.56 Å². The van der Waals surface area contributed by atoms with Crippen molar-refractivity contribution in [3.05, 3.63) is 96.8 Å². The van der Waals surface area contributed by atoms with Gasteiger partial charge in [0, 0.05) is 29.7 Å². The van der Waals surface area contributed by atoms with Crippen molar-refractivity contribution in [1.82, 2.24) is 19.6 Å². The number of ketones is 1. The van der Waals surface area contributed by atoms with Crippen LogP contribution in [0.25, 0.3) is 33.5 Å². The summed E-state index contributed by atoms with van der Waals surface area (Å²) in [6, 6.07) is 20.0. The molecule has 12 nitrogen and oxygen atoms in total. The molecular formula is C47H51FN4O8S. The van der Waals surface area contributed by atoms with Gasteiger partial charge in [-0.05, 0) is 98.9 Å². The lowest BCUT2D eigenvalue weighted by Gasteiger charge is -2.35. The molecule has 1 N–H and O–H groups in total. The molecule has 1 aliphatic heterocycles. The van der Waals surface area contributed by atoms with Crippen LogP contribution < -0.4 is 14.2 Å². The summed E-state index contributed by atoms with van der Waals surface area (Å²) in [6.45, 7) is 13.7. The third-order valence-corrected chi connectivity index (χ3v) is 13.9. The number of hydrogen-bond donors (Lipinski definition) is 1. The number of rotatable bonds is 15. The number of amides is 2. The van der Waals surface area contributed by atoms with E-state index in [1.807, 2.05) is 77.1 Å². The number of hydrogen-bond acceptors (Lipinski definition) is 10. The van der Waals surface area contributed by atoms with Crippen molar-refractivity contribution in [1.29, 1.82) is 0 Å². The Bertz CT molecular complexity index is 2620. The highest BCUT2D eigenvalue weighted by atomic mass is 32.2. The van der Waals surface area contributed by atoms with Gasteiger partial charge in [-0.3, -0.25) is 19.1 Å². The Morgan fingerprint density at radius 2 is 1.77 bits per heavy atom. The minimum absolute atomic E-state index is 0.00762. The first-order chi connectivity index (χ1) is 29.0. The smallest absolute Gasteiger partial charge is 0.262 e. The number of furan rings is 1. The normalized spacial score (nSPS) is 22.0. The van der Waals surface area contributed by atoms with Crippen LogP contribution in [-0.2, 0) is 30.8 Å². The van der Waals surface area contributed by atoms with E-state index in [1.54, 1.807) is 23.1 Å². The molecule has 0 spiro atoms. The van der Waals surface area contributed by atoms with E-state index in [2.05, 4.69) is 11.3 Å². The highest BCUT2D eigenvalue weighted by Gasteiger charge is 2.61. The molecule has 3 heterocycles. The van der Waals surface area contributed by atoms with Crippen molar-refractivity contribution in [3.63, 3.8) is 0 Å². The molecule has 2 aromatic heterocycles. The van der Waals surface area contributed by atoms with E-state index >= 15 is 0 Å². The molecule has 2 aliphatic carbocycles. The van der Waals surface area contributed by atoms with Gasteiger partial charge in [0.2, 0.25) is 27.4 Å². The maximum Gasteiger partial charge on any atom is 0.262 e. The molecule has 1 saturated heterocycles. The Labute approximate surface area is 355 Å². The van der Waals surface area contributed by atoms with Crippen molar-refractivity contribution in [2.45, 2.75) is 96.6 Å². The fourth-order valence-corrected chi connectivity index (χ4v) is 9.85. The second-order valence-corrected chi connectivity index (χ2v) is 20.0. The topological polar surface area (TPSA) is 158 Å². The van der Waals surface area contributed by atoms with Crippen LogP contribution in [0.15, 0.2) is 89.9 Å². The Kier molecular flexibility index (Phi) is 11.0. The van der Waals surface area contributed by atoms with Crippen LogP contribution in [0.5, 0.6) is 11.6 Å². The fourth-order valence-electron chi connectivity index (χ4n) is 8.47. The number of halogens is 1. The average Bonchev–Trinajstić information content (AvgIpc) is 4.12. The highest BCUT2D eigenvalue weighted by Crippen LogP contribution is 2.57. The summed E-state index contributed by atoms with van der Waals surface area (Å²) in [6.07, 6.45) is 2.17. The molecule has 5 atom stereocenters. The number of Topliss-reactive ketones (excluding diaryl/α,β-unsaturated/α-hetero) is 1. The minimum Gasteiger partial charge on any atom is -0.491 e. The van der Waals surface area contributed by atoms with Gasteiger partial charge in [-0.25, -0.2) is 17.8 Å². The van der Waals surface area contributed by atoms with Crippen LogP contribution in [-0.4, -0.2) is 70.9 Å². The SMILES string of the molecule is C=C[C@@H]1C[C@]1(CC(=O)[C@@H]1C[C@@H](Oc2nc(-c3ccc(OC(C)C)cc3)nc3c2oc2ccc(F)cc23)CN1C(=O)[C@@H](Cc1ccccc1)C(C)(C)C)C(=O)NS(=O)(=O)C1CC1. The lowest BCUT2D eigenvalue weighted by Crippen LogP contribution is -2.48. The zero-order valence-corrected chi connectivity index (χ0v) is 35.8. The molecule has 3 aromatic carbocycles. The molecular weight excluding hydrogens is 800 g/mol. The summed E-state index contributed by atoms with van der Waals surface area (Å²) >= 11 is 0. The molecule has 0 unspecified atom stereocenters. The van der Waals surface area contributed by atoms with Crippen molar-refractivity contribution in [2.24, 2.45) is 22.7 Å². The number of carbonyl (C=O) groups is 3. The molecule has 0 bridgehead atoms. The molecule has 320 valence electrons. The third-order valence-electron chi connectivity index (χ3n) is 12.1. The Hall–Kier alpha value is -5.63. The van der Waals surface area contributed by atoms with Gasteiger partial charge in [-0.15, -0.1) is 6.58 Å². The van der Waals surface area contributed by atoms with Crippen LogP contribution in [0.1, 0.15) is 72.3 Å². The summed E-state index contributed by atoms with van der Waals surface area (Å²) in [5, 5.41) is -0.204. The lowest BCUT2D eigenvalue weighted by molar-refractivity contribution is -0.144. The summed E-state index contributed by atoms with van der Waals surface area (Å²) < 4.78 is 61.4. The van der Waals surface area contributed by atoms with Gasteiger partial charge >= 0.3 is 0 Å². The van der Waals surface area contributed by atoms with Crippen molar-refractivity contribution < 1.29 is 41.1 Å². The molecule has 8 rings (SSSR count). The molecule has 14 heteroatoms. The van der Waals surface area contributed by atoms with Crippen LogP contribution >= 0.6 is 0 Å². The molecule has 3 fully saturated rings. The van der Waals surface area contributed by atoms with Crippen LogP contribution in [0, 0.1) is 28.5 Å². The Balaban J connectivity index is 1.15. The summed E-state index contributed by atoms with van der Waals surface area (Å²) in [5.74, 6) is -1.80. The lowest BCUT2D eigenvalue weighted by atomic mass is 9.76. The van der Waals surface area contributed by atoms with Gasteiger partial charge in [-0.1, -0.05) is 57.2 Å². The average molecular weight is 851 g/mol. The summed E-state index contributed by atoms with van der Waals surface area (Å²) in [5.41, 5.74) is 0.632. The first kappa shape index (κ1) is 42.1. The number of aromatic nitrogens is 2. The third kappa shape index (κ3) is 8.64. The Morgan fingerprint density at radius 1 is 1.05 bits per heavy atom. The van der Waals surface area contributed by atoms with E-state index < -0.39 is 61.8 Å². The molecule has 3 aliphatic rings. The second-order valence-electron chi connectivity index (χ2n) is 18.1. The molecule has 2 amide bonds. The molecule has 5 aromatic rings. The highest BCUT2D eigenvalue weighted by molar-refractivity contribution is 7.90. The number of nitrogens with one attached hydrogen (secondary N) is 1. The molecule has 2 saturated carbocycles. The van der Waals surface area contributed by atoms with Crippen LogP contribution in [0.3, 0.4) is 0 Å². The number of carbonyl (C=O) groups excluding carboxylic acids is 3. The molecule has 61 heavy (non-hydrogen) atoms.